The van der Waals surface area contributed by atoms with Crippen LogP contribution in [0, 0.1) is 6.92 Å². The Hall–Kier alpha value is -1.55. The number of carbonyl (C=O) groups excluding carboxylic acids is 1. The Balaban J connectivity index is 2.85. The molecular formula is C13H19NO3. The van der Waals surface area contributed by atoms with E-state index in [2.05, 4.69) is 0 Å². The van der Waals surface area contributed by atoms with Crippen LogP contribution in [-0.2, 0) is 0 Å². The fourth-order valence-electron chi connectivity index (χ4n) is 1.66. The van der Waals surface area contributed by atoms with Gasteiger partial charge in [-0.25, -0.2) is 0 Å². The predicted molar refractivity (Wildman–Crippen MR) is 66.1 cm³/mol. The molecule has 0 unspecified atom stereocenters. The highest BCUT2D eigenvalue weighted by Crippen LogP contribution is 2.18. The summed E-state index contributed by atoms with van der Waals surface area (Å²) in [4.78, 5) is 13.5. The van der Waals surface area contributed by atoms with Crippen molar-refractivity contribution in [1.82, 2.24) is 4.90 Å². The lowest BCUT2D eigenvalue weighted by Gasteiger charge is -2.25. The van der Waals surface area contributed by atoms with Crippen molar-refractivity contribution in [2.24, 2.45) is 0 Å². The molecule has 0 radical (unpaired) electrons. The van der Waals surface area contributed by atoms with E-state index in [9.17, 15) is 15.0 Å². The third-order valence-electron chi connectivity index (χ3n) is 2.41. The van der Waals surface area contributed by atoms with Gasteiger partial charge in [-0.3, -0.25) is 4.79 Å². The van der Waals surface area contributed by atoms with Gasteiger partial charge in [0.25, 0.3) is 5.91 Å². The molecule has 0 heterocycles. The van der Waals surface area contributed by atoms with E-state index in [1.54, 1.807) is 40.0 Å². The van der Waals surface area contributed by atoms with E-state index in [0.29, 0.717) is 11.1 Å². The summed E-state index contributed by atoms with van der Waals surface area (Å²) in [6, 6.07) is 4.71. The fourth-order valence-corrected chi connectivity index (χ4v) is 1.66. The first-order valence-electron chi connectivity index (χ1n) is 5.48. The molecular weight excluding hydrogens is 218 g/mol. The average Bonchev–Trinajstić information content (AvgIpc) is 2.18. The maximum absolute atomic E-state index is 12.0. The van der Waals surface area contributed by atoms with Crippen LogP contribution in [0.25, 0.3) is 0 Å². The Kier molecular flexibility index (Phi) is 3.78. The zero-order valence-electron chi connectivity index (χ0n) is 10.7. The normalized spacial score (nSPS) is 11.4. The SMILES string of the molecule is Cc1cc(C(=O)N(C)CC(C)(C)O)ccc1O. The number of aryl methyl sites for hydroxylation is 1. The molecule has 4 heteroatoms. The van der Waals surface area contributed by atoms with Gasteiger partial charge in [0.05, 0.1) is 5.60 Å². The van der Waals surface area contributed by atoms with Crippen LogP contribution >= 0.6 is 0 Å². The summed E-state index contributed by atoms with van der Waals surface area (Å²) in [5.74, 6) is 0.00177. The van der Waals surface area contributed by atoms with Crippen molar-refractivity contribution in [3.05, 3.63) is 29.3 Å². The van der Waals surface area contributed by atoms with Crippen LogP contribution < -0.4 is 0 Å². The first-order valence-corrected chi connectivity index (χ1v) is 5.48. The van der Waals surface area contributed by atoms with Crippen LogP contribution in [0.3, 0.4) is 0 Å². The molecule has 0 bridgehead atoms. The van der Waals surface area contributed by atoms with Gasteiger partial charge in [-0.05, 0) is 44.5 Å². The van der Waals surface area contributed by atoms with Crippen molar-refractivity contribution in [3.8, 4) is 5.75 Å². The van der Waals surface area contributed by atoms with E-state index >= 15 is 0 Å². The minimum absolute atomic E-state index is 0.171. The molecule has 0 aromatic heterocycles. The number of carbonyl (C=O) groups is 1. The summed E-state index contributed by atoms with van der Waals surface area (Å²) < 4.78 is 0. The summed E-state index contributed by atoms with van der Waals surface area (Å²) in [6.07, 6.45) is 0. The van der Waals surface area contributed by atoms with Gasteiger partial charge in [0.1, 0.15) is 5.75 Å². The van der Waals surface area contributed by atoms with Crippen molar-refractivity contribution in [2.45, 2.75) is 26.4 Å². The van der Waals surface area contributed by atoms with Crippen LogP contribution in [0.2, 0.25) is 0 Å². The van der Waals surface area contributed by atoms with Gasteiger partial charge in [-0.1, -0.05) is 0 Å². The Bertz CT molecular complexity index is 421. The molecule has 0 aliphatic carbocycles. The number of hydrogen-bond acceptors (Lipinski definition) is 3. The topological polar surface area (TPSA) is 60.8 Å². The Morgan fingerprint density at radius 2 is 2.00 bits per heavy atom. The minimum atomic E-state index is -0.920. The number of rotatable bonds is 3. The quantitative estimate of drug-likeness (QED) is 0.838. The fraction of sp³-hybridized carbons (Fsp3) is 0.462. The molecule has 94 valence electrons. The van der Waals surface area contributed by atoms with Gasteiger partial charge >= 0.3 is 0 Å². The molecule has 0 spiro atoms. The van der Waals surface area contributed by atoms with Crippen molar-refractivity contribution in [2.75, 3.05) is 13.6 Å². The summed E-state index contributed by atoms with van der Waals surface area (Å²) >= 11 is 0. The zero-order valence-corrected chi connectivity index (χ0v) is 10.7. The van der Waals surface area contributed by atoms with Gasteiger partial charge in [-0.2, -0.15) is 0 Å². The molecule has 17 heavy (non-hydrogen) atoms. The lowest BCUT2D eigenvalue weighted by molar-refractivity contribution is 0.0368. The molecule has 1 aromatic carbocycles. The van der Waals surface area contributed by atoms with E-state index in [0.717, 1.165) is 0 Å². The number of aliphatic hydroxyl groups is 1. The van der Waals surface area contributed by atoms with Crippen LogP contribution in [0.15, 0.2) is 18.2 Å². The maximum Gasteiger partial charge on any atom is 0.253 e. The second kappa shape index (κ2) is 4.75. The molecule has 1 rings (SSSR count). The third kappa shape index (κ3) is 3.75. The Labute approximate surface area is 101 Å². The molecule has 0 aliphatic rings. The van der Waals surface area contributed by atoms with Crippen LogP contribution in [0.4, 0.5) is 0 Å². The number of phenolic OH excluding ortho intramolecular Hbond substituents is 1. The molecule has 0 saturated carbocycles. The number of amides is 1. The van der Waals surface area contributed by atoms with E-state index < -0.39 is 5.60 Å². The first kappa shape index (κ1) is 13.5. The minimum Gasteiger partial charge on any atom is -0.508 e. The molecule has 2 N–H and O–H groups in total. The summed E-state index contributed by atoms with van der Waals surface area (Å²) in [5.41, 5.74) is 0.246. The second-order valence-corrected chi connectivity index (χ2v) is 4.97. The van der Waals surface area contributed by atoms with Crippen molar-refractivity contribution < 1.29 is 15.0 Å². The van der Waals surface area contributed by atoms with Crippen molar-refractivity contribution >= 4 is 5.91 Å². The van der Waals surface area contributed by atoms with Gasteiger partial charge in [0.2, 0.25) is 0 Å². The standard InChI is InChI=1S/C13H19NO3/c1-9-7-10(5-6-11(9)15)12(16)14(4)8-13(2,3)17/h5-7,15,17H,8H2,1-4H3. The van der Waals surface area contributed by atoms with E-state index in [4.69, 9.17) is 0 Å². The maximum atomic E-state index is 12.0. The highest BCUT2D eigenvalue weighted by Gasteiger charge is 2.20. The van der Waals surface area contributed by atoms with Gasteiger partial charge in [0.15, 0.2) is 0 Å². The summed E-state index contributed by atoms with van der Waals surface area (Å²) in [7, 11) is 1.64. The largest absolute Gasteiger partial charge is 0.508 e. The average molecular weight is 237 g/mol. The summed E-state index contributed by atoms with van der Waals surface area (Å²) in [5, 5.41) is 19.0. The van der Waals surface area contributed by atoms with Crippen molar-refractivity contribution in [1.29, 1.82) is 0 Å². The van der Waals surface area contributed by atoms with Gasteiger partial charge < -0.3 is 15.1 Å². The van der Waals surface area contributed by atoms with Crippen LogP contribution in [-0.4, -0.2) is 40.2 Å². The van der Waals surface area contributed by atoms with Crippen LogP contribution in [0.5, 0.6) is 5.75 Å². The molecule has 0 saturated heterocycles. The van der Waals surface area contributed by atoms with E-state index in [-0.39, 0.29) is 18.2 Å². The van der Waals surface area contributed by atoms with E-state index in [1.807, 2.05) is 0 Å². The monoisotopic (exact) mass is 237 g/mol. The van der Waals surface area contributed by atoms with Crippen LogP contribution in [0.1, 0.15) is 29.8 Å². The Morgan fingerprint density at radius 1 is 1.41 bits per heavy atom. The summed E-state index contributed by atoms with van der Waals surface area (Å²) in [6.45, 7) is 5.30. The predicted octanol–water partition coefficient (Wildman–Crippen LogP) is 1.54. The second-order valence-electron chi connectivity index (χ2n) is 4.97. The van der Waals surface area contributed by atoms with Crippen molar-refractivity contribution in [3.63, 3.8) is 0 Å². The van der Waals surface area contributed by atoms with Gasteiger partial charge in [-0.15, -0.1) is 0 Å². The van der Waals surface area contributed by atoms with Gasteiger partial charge in [0, 0.05) is 19.2 Å². The third-order valence-corrected chi connectivity index (χ3v) is 2.41. The smallest absolute Gasteiger partial charge is 0.253 e. The Morgan fingerprint density at radius 3 is 2.47 bits per heavy atom. The lowest BCUT2D eigenvalue weighted by atomic mass is 10.1. The molecule has 1 aromatic rings. The lowest BCUT2D eigenvalue weighted by Crippen LogP contribution is -2.39. The molecule has 0 atom stereocenters. The molecule has 0 aliphatic heterocycles. The highest BCUT2D eigenvalue weighted by molar-refractivity contribution is 5.94. The molecule has 0 fully saturated rings. The number of phenols is 1. The number of aromatic hydroxyl groups is 1. The number of nitrogens with zero attached hydrogens (tertiary/aromatic N) is 1. The molecule has 4 nitrogen and oxygen atoms in total. The van der Waals surface area contributed by atoms with E-state index in [1.165, 1.54) is 11.0 Å². The highest BCUT2D eigenvalue weighted by atomic mass is 16.3. The number of benzene rings is 1. The number of hydrogen-bond donors (Lipinski definition) is 2. The number of likely N-dealkylation sites (N-methyl/N-ethyl adjacent to an activating group) is 1. The molecule has 1 amide bonds. The first-order chi connectivity index (χ1) is 7.70. The zero-order chi connectivity index (χ0) is 13.2.